The summed E-state index contributed by atoms with van der Waals surface area (Å²) in [5.74, 6) is 0.586. The average Bonchev–Trinajstić information content (AvgIpc) is 3.24. The fraction of sp³-hybridized carbons (Fsp3) is 0.267. The highest BCUT2D eigenvalue weighted by atomic mass is 35.5. The van der Waals surface area contributed by atoms with Gasteiger partial charge in [-0.1, -0.05) is 42.0 Å². The number of nitrogens with zero attached hydrogens (tertiary/aromatic N) is 7. The fourth-order valence-corrected chi connectivity index (χ4v) is 6.76. The van der Waals surface area contributed by atoms with Crippen LogP contribution in [0.5, 0.6) is 0 Å². The van der Waals surface area contributed by atoms with Crippen LogP contribution in [0.3, 0.4) is 0 Å². The van der Waals surface area contributed by atoms with Gasteiger partial charge < -0.3 is 0 Å². The van der Waals surface area contributed by atoms with Gasteiger partial charge in [-0.3, -0.25) is 9.36 Å². The maximum absolute atomic E-state index is 15.3. The summed E-state index contributed by atoms with van der Waals surface area (Å²) < 4.78 is 18.6. The topological polar surface area (TPSA) is 90.8 Å². The summed E-state index contributed by atoms with van der Waals surface area (Å²) in [6.45, 7) is 4.12. The van der Waals surface area contributed by atoms with E-state index in [1.165, 1.54) is 33.8 Å². The highest BCUT2D eigenvalue weighted by molar-refractivity contribution is 6.31. The molecule has 1 saturated carbocycles. The summed E-state index contributed by atoms with van der Waals surface area (Å²) in [4.78, 5) is 23.0. The summed E-state index contributed by atoms with van der Waals surface area (Å²) >= 11 is 6.32. The molecule has 2 aromatic heterocycles. The van der Waals surface area contributed by atoms with Gasteiger partial charge in [0.25, 0.3) is 5.56 Å². The maximum atomic E-state index is 15.3. The molecule has 8 nitrogen and oxygen atoms in total. The molecule has 0 radical (unpaired) electrons. The van der Waals surface area contributed by atoms with Crippen LogP contribution in [-0.2, 0) is 12.8 Å². The van der Waals surface area contributed by atoms with E-state index in [1.54, 1.807) is 22.8 Å². The lowest BCUT2D eigenvalue weighted by atomic mass is 9.86. The Hall–Kier alpha value is -4.24. The van der Waals surface area contributed by atoms with Crippen molar-refractivity contribution in [3.05, 3.63) is 105 Å². The first-order valence-electron chi connectivity index (χ1n) is 13.4. The molecule has 0 N–H and O–H groups in total. The molecule has 4 aliphatic rings. The second kappa shape index (κ2) is 8.63. The minimum atomic E-state index is -0.455. The predicted octanol–water partition coefficient (Wildman–Crippen LogP) is 5.43. The van der Waals surface area contributed by atoms with Gasteiger partial charge in [0.2, 0.25) is 5.95 Å². The molecule has 8 rings (SSSR count). The molecular formula is C30H23ClFN7O. The number of halogens is 2. The van der Waals surface area contributed by atoms with Crippen LogP contribution in [0, 0.1) is 5.92 Å². The van der Waals surface area contributed by atoms with Crippen molar-refractivity contribution in [2.75, 3.05) is 0 Å². The number of aromatic nitrogens is 6. The second-order valence-electron chi connectivity index (χ2n) is 11.0. The van der Waals surface area contributed by atoms with Crippen LogP contribution < -0.4 is 5.56 Å². The van der Waals surface area contributed by atoms with E-state index in [0.717, 1.165) is 31.2 Å². The third-order valence-electron chi connectivity index (χ3n) is 8.60. The Kier molecular flexibility index (Phi) is 5.10. The first kappa shape index (κ1) is 23.6. The molecule has 3 unspecified atom stereocenters. The van der Waals surface area contributed by atoms with Crippen LogP contribution in [0.1, 0.15) is 53.7 Å². The van der Waals surface area contributed by atoms with Crippen LogP contribution >= 0.6 is 11.6 Å². The number of aryl methyl sites for hydroxylation is 1. The summed E-state index contributed by atoms with van der Waals surface area (Å²) in [6.07, 6.45) is 5.54. The van der Waals surface area contributed by atoms with Gasteiger partial charge in [0.15, 0.2) is 0 Å². The molecule has 1 fully saturated rings. The van der Waals surface area contributed by atoms with Gasteiger partial charge in [-0.15, -0.1) is 5.10 Å². The van der Waals surface area contributed by atoms with Crippen molar-refractivity contribution >= 4 is 22.9 Å². The second-order valence-corrected chi connectivity index (χ2v) is 11.5. The van der Waals surface area contributed by atoms with Crippen molar-refractivity contribution in [1.82, 2.24) is 29.8 Å². The first-order valence-corrected chi connectivity index (χ1v) is 13.7. The fourth-order valence-electron chi connectivity index (χ4n) is 6.59. The molecule has 0 spiro atoms. The van der Waals surface area contributed by atoms with Crippen molar-refractivity contribution in [1.29, 1.82) is 0 Å². The monoisotopic (exact) mass is 551 g/mol. The molecule has 2 aromatic carbocycles. The predicted molar refractivity (Wildman–Crippen MR) is 149 cm³/mol. The Bertz CT molecular complexity index is 1870. The van der Waals surface area contributed by atoms with Crippen LogP contribution in [-0.4, -0.2) is 35.5 Å². The van der Waals surface area contributed by atoms with Crippen molar-refractivity contribution in [2.24, 2.45) is 10.9 Å². The Morgan fingerprint density at radius 2 is 1.95 bits per heavy atom. The summed E-state index contributed by atoms with van der Waals surface area (Å²) in [5, 5.41) is 12.0. The quantitative estimate of drug-likeness (QED) is 0.249. The number of hydrogen-bond acceptors (Lipinski definition) is 6. The Morgan fingerprint density at radius 3 is 2.80 bits per heavy atom. The third kappa shape index (κ3) is 3.64. The number of hydrogen-bond donors (Lipinski definition) is 0. The number of tetrazole rings is 1. The normalized spacial score (nSPS) is 22.7. The summed E-state index contributed by atoms with van der Waals surface area (Å²) in [7, 11) is 0. The van der Waals surface area contributed by atoms with Gasteiger partial charge in [0.05, 0.1) is 17.4 Å². The van der Waals surface area contributed by atoms with Gasteiger partial charge in [-0.2, -0.15) is 9.07 Å². The standard InChI is InChI=1S/C30H23ClFN7O/c1-15-2-3-17-9-18(5-4-16(17)8-15)20-12-25(34-29(20)32)28-21-11-22(21)30-35-24(13-27(40)39(28)30)23-10-19(31)6-7-26(23)38-14-33-36-37-38/h4-7,9-10,13-14,21-22,28H,1-3,8,11-12H2. The summed E-state index contributed by atoms with van der Waals surface area (Å²) in [5.41, 5.74) is 7.54. The summed E-state index contributed by atoms with van der Waals surface area (Å²) in [6, 6.07) is 12.7. The molecule has 40 heavy (non-hydrogen) atoms. The molecular weight excluding hydrogens is 529 g/mol. The zero-order chi connectivity index (χ0) is 27.1. The molecule has 4 heterocycles. The molecule has 4 aromatic rings. The minimum absolute atomic E-state index is 0.139. The van der Waals surface area contributed by atoms with Gasteiger partial charge in [-0.05, 0) is 76.9 Å². The van der Waals surface area contributed by atoms with Gasteiger partial charge in [0, 0.05) is 40.3 Å². The van der Waals surface area contributed by atoms with E-state index in [0.29, 0.717) is 45.5 Å². The van der Waals surface area contributed by atoms with Gasteiger partial charge in [-0.25, -0.2) is 9.98 Å². The average molecular weight is 552 g/mol. The number of allylic oxidation sites excluding steroid dienone is 2. The van der Waals surface area contributed by atoms with Crippen molar-refractivity contribution in [2.45, 2.75) is 44.1 Å². The third-order valence-corrected chi connectivity index (χ3v) is 8.83. The van der Waals surface area contributed by atoms with Crippen LogP contribution in [0.25, 0.3) is 22.5 Å². The van der Waals surface area contributed by atoms with Gasteiger partial charge >= 0.3 is 0 Å². The molecule has 0 saturated heterocycles. The largest absolute Gasteiger partial charge is 0.287 e. The highest BCUT2D eigenvalue weighted by Gasteiger charge is 2.56. The Balaban J connectivity index is 1.13. The molecule has 2 aliphatic heterocycles. The molecule has 2 aliphatic carbocycles. The Labute approximate surface area is 233 Å². The zero-order valence-electron chi connectivity index (χ0n) is 21.4. The van der Waals surface area contributed by atoms with Gasteiger partial charge in [0.1, 0.15) is 12.2 Å². The van der Waals surface area contributed by atoms with Crippen molar-refractivity contribution in [3.63, 3.8) is 0 Å². The maximum Gasteiger partial charge on any atom is 0.254 e. The molecule has 3 atom stereocenters. The van der Waals surface area contributed by atoms with E-state index in [2.05, 4.69) is 39.2 Å². The SMILES string of the molecule is C=C1CCc2cc(C3=C(F)N=C(C4C5CC5c5nc(-c6cc(Cl)ccc6-n6cnnn6)cc(=O)n54)C3)ccc2C1. The van der Waals surface area contributed by atoms with E-state index < -0.39 is 5.95 Å². The van der Waals surface area contributed by atoms with E-state index in [9.17, 15) is 4.79 Å². The Morgan fingerprint density at radius 1 is 1.05 bits per heavy atom. The first-order chi connectivity index (χ1) is 19.4. The molecule has 0 bridgehead atoms. The highest BCUT2D eigenvalue weighted by Crippen LogP contribution is 2.60. The molecule has 0 amide bonds. The van der Waals surface area contributed by atoms with Crippen LogP contribution in [0.4, 0.5) is 4.39 Å². The van der Waals surface area contributed by atoms with E-state index >= 15 is 4.39 Å². The zero-order valence-corrected chi connectivity index (χ0v) is 22.1. The van der Waals surface area contributed by atoms with E-state index in [-0.39, 0.29) is 23.4 Å². The minimum Gasteiger partial charge on any atom is -0.287 e. The van der Waals surface area contributed by atoms with Crippen molar-refractivity contribution < 1.29 is 4.39 Å². The molecule has 10 heteroatoms. The number of fused-ring (bicyclic) bond motifs is 4. The lowest BCUT2D eigenvalue weighted by molar-refractivity contribution is 0.572. The van der Waals surface area contributed by atoms with Crippen LogP contribution in [0.2, 0.25) is 5.02 Å². The van der Waals surface area contributed by atoms with E-state index in [1.807, 2.05) is 6.07 Å². The molecule has 198 valence electrons. The smallest absolute Gasteiger partial charge is 0.254 e. The lowest BCUT2D eigenvalue weighted by Crippen LogP contribution is -2.30. The number of rotatable bonds is 4. The van der Waals surface area contributed by atoms with Crippen LogP contribution in [0.15, 0.2) is 76.7 Å². The number of aliphatic imine (C=N–C) groups is 1. The van der Waals surface area contributed by atoms with E-state index in [4.69, 9.17) is 16.6 Å². The van der Waals surface area contributed by atoms with Crippen molar-refractivity contribution in [3.8, 4) is 16.9 Å². The lowest BCUT2D eigenvalue weighted by Gasteiger charge is -2.20. The number of benzene rings is 2.